The molecule has 0 heterocycles. The molecule has 0 bridgehead atoms. The Hall–Kier alpha value is 0.200. The molecule has 0 spiro atoms. The van der Waals surface area contributed by atoms with Crippen molar-refractivity contribution in [3.05, 3.63) is 0 Å². The van der Waals surface area contributed by atoms with Crippen LogP contribution in [0.25, 0.3) is 0 Å². The molecule has 0 saturated heterocycles. The maximum Gasteiger partial charge on any atom is 0.310 e. The molecule has 0 aliphatic rings. The highest BCUT2D eigenvalue weighted by Gasteiger charge is 2.35. The van der Waals surface area contributed by atoms with Crippen molar-refractivity contribution in [1.29, 1.82) is 0 Å². The third-order valence-electron chi connectivity index (χ3n) is 2.10. The fraction of sp³-hybridized carbons (Fsp3) is 0.917. The van der Waals surface area contributed by atoms with E-state index in [4.69, 9.17) is 4.74 Å². The van der Waals surface area contributed by atoms with Gasteiger partial charge in [-0.3, -0.25) is 4.79 Å². The zero-order chi connectivity index (χ0) is 12.3. The summed E-state index contributed by atoms with van der Waals surface area (Å²) >= 11 is 2.33. The van der Waals surface area contributed by atoms with E-state index < -0.39 is 0 Å². The largest absolute Gasteiger partial charge is 0.460 e. The summed E-state index contributed by atoms with van der Waals surface area (Å²) in [5, 5.41) is 0. The summed E-state index contributed by atoms with van der Waals surface area (Å²) in [5.74, 6) is -0.0777. The van der Waals surface area contributed by atoms with Crippen molar-refractivity contribution in [2.24, 2.45) is 5.92 Å². The Labute approximate surface area is 107 Å². The molecule has 0 radical (unpaired) electrons. The molecule has 0 rings (SSSR count). The van der Waals surface area contributed by atoms with Crippen LogP contribution in [0.3, 0.4) is 0 Å². The second-order valence-corrected chi connectivity index (χ2v) is 8.22. The van der Waals surface area contributed by atoms with Crippen molar-refractivity contribution in [2.75, 3.05) is 0 Å². The van der Waals surface area contributed by atoms with Crippen LogP contribution in [0.2, 0.25) is 0 Å². The standard InChI is InChI=1S/C12H23IO2/c1-7-8-9(12(5,6)13)10(14)15-11(2,3)4/h9H,7-8H2,1-6H3. The summed E-state index contributed by atoms with van der Waals surface area (Å²) < 4.78 is 5.39. The van der Waals surface area contributed by atoms with Gasteiger partial charge in [0.1, 0.15) is 5.60 Å². The van der Waals surface area contributed by atoms with Crippen LogP contribution >= 0.6 is 22.6 Å². The summed E-state index contributed by atoms with van der Waals surface area (Å²) in [4.78, 5) is 12.0. The van der Waals surface area contributed by atoms with Gasteiger partial charge in [0, 0.05) is 3.42 Å². The van der Waals surface area contributed by atoms with Gasteiger partial charge in [-0.15, -0.1) is 0 Å². The van der Waals surface area contributed by atoms with Crippen LogP contribution in [0, 0.1) is 5.92 Å². The van der Waals surface area contributed by atoms with E-state index in [1.165, 1.54) is 0 Å². The second kappa shape index (κ2) is 5.51. The summed E-state index contributed by atoms with van der Waals surface area (Å²) in [6.45, 7) is 12.0. The third kappa shape index (κ3) is 6.38. The predicted octanol–water partition coefficient (Wildman–Crippen LogP) is 3.96. The fourth-order valence-corrected chi connectivity index (χ4v) is 1.97. The average molecular weight is 326 g/mol. The first-order chi connectivity index (χ1) is 6.58. The lowest BCUT2D eigenvalue weighted by Crippen LogP contribution is -2.37. The molecule has 0 aliphatic heterocycles. The monoisotopic (exact) mass is 326 g/mol. The predicted molar refractivity (Wildman–Crippen MR) is 72.3 cm³/mol. The molecule has 0 aliphatic carbocycles. The van der Waals surface area contributed by atoms with Crippen molar-refractivity contribution in [1.82, 2.24) is 0 Å². The van der Waals surface area contributed by atoms with Crippen LogP contribution in [0.1, 0.15) is 54.4 Å². The summed E-state index contributed by atoms with van der Waals surface area (Å²) in [6, 6.07) is 0. The molecule has 0 saturated carbocycles. The van der Waals surface area contributed by atoms with Crippen LogP contribution in [0.5, 0.6) is 0 Å². The molecule has 15 heavy (non-hydrogen) atoms. The van der Waals surface area contributed by atoms with Crippen LogP contribution < -0.4 is 0 Å². The number of hydrogen-bond donors (Lipinski definition) is 0. The number of carbonyl (C=O) groups excluding carboxylic acids is 1. The molecule has 0 N–H and O–H groups in total. The molecule has 1 unspecified atom stereocenters. The van der Waals surface area contributed by atoms with E-state index in [1.807, 2.05) is 20.8 Å². The lowest BCUT2D eigenvalue weighted by Gasteiger charge is -2.30. The number of alkyl halides is 1. The zero-order valence-corrected chi connectivity index (χ0v) is 12.8. The molecule has 90 valence electrons. The van der Waals surface area contributed by atoms with Gasteiger partial charge in [0.15, 0.2) is 0 Å². The van der Waals surface area contributed by atoms with Gasteiger partial charge in [-0.2, -0.15) is 0 Å². The van der Waals surface area contributed by atoms with Crippen molar-refractivity contribution in [2.45, 2.75) is 63.4 Å². The van der Waals surface area contributed by atoms with Crippen LogP contribution in [-0.2, 0) is 9.53 Å². The average Bonchev–Trinajstić information content (AvgIpc) is 1.93. The number of esters is 1. The third-order valence-corrected chi connectivity index (χ3v) is 2.85. The Balaban J connectivity index is 4.58. The van der Waals surface area contributed by atoms with Crippen molar-refractivity contribution < 1.29 is 9.53 Å². The topological polar surface area (TPSA) is 26.3 Å². The molecule has 0 aromatic heterocycles. The van der Waals surface area contributed by atoms with Crippen LogP contribution in [0.4, 0.5) is 0 Å². The minimum atomic E-state index is -0.384. The maximum absolute atomic E-state index is 12.0. The van der Waals surface area contributed by atoms with Gasteiger partial charge in [-0.05, 0) is 41.0 Å². The van der Waals surface area contributed by atoms with Gasteiger partial charge in [-0.25, -0.2) is 0 Å². The van der Waals surface area contributed by atoms with Gasteiger partial charge in [-0.1, -0.05) is 35.9 Å². The van der Waals surface area contributed by atoms with E-state index >= 15 is 0 Å². The molecule has 0 amide bonds. The summed E-state index contributed by atoms with van der Waals surface area (Å²) in [7, 11) is 0. The Bertz CT molecular complexity index is 211. The number of halogens is 1. The highest BCUT2D eigenvalue weighted by atomic mass is 127. The van der Waals surface area contributed by atoms with Gasteiger partial charge in [0.25, 0.3) is 0 Å². The van der Waals surface area contributed by atoms with Crippen molar-refractivity contribution in [3.63, 3.8) is 0 Å². The molecule has 0 aromatic rings. The Morgan fingerprint density at radius 1 is 1.27 bits per heavy atom. The first-order valence-corrected chi connectivity index (χ1v) is 6.57. The maximum atomic E-state index is 12.0. The van der Waals surface area contributed by atoms with Crippen LogP contribution in [0.15, 0.2) is 0 Å². The highest BCUT2D eigenvalue weighted by molar-refractivity contribution is 14.1. The first-order valence-electron chi connectivity index (χ1n) is 5.49. The quantitative estimate of drug-likeness (QED) is 0.444. The zero-order valence-electron chi connectivity index (χ0n) is 10.7. The van der Waals surface area contributed by atoms with Crippen molar-refractivity contribution in [3.8, 4) is 0 Å². The molecule has 1 atom stereocenters. The van der Waals surface area contributed by atoms with E-state index in [0.717, 1.165) is 12.8 Å². The SMILES string of the molecule is CCCC(C(=O)OC(C)(C)C)C(C)(C)I. The summed E-state index contributed by atoms with van der Waals surface area (Å²) in [5.41, 5.74) is -0.384. The molecule has 3 heteroatoms. The van der Waals surface area contributed by atoms with Crippen LogP contribution in [-0.4, -0.2) is 15.0 Å². The lowest BCUT2D eigenvalue weighted by atomic mass is 9.91. The Morgan fingerprint density at radius 3 is 2.00 bits per heavy atom. The first kappa shape index (κ1) is 15.2. The van der Waals surface area contributed by atoms with Gasteiger partial charge < -0.3 is 4.74 Å². The number of carbonyl (C=O) groups is 1. The van der Waals surface area contributed by atoms with Crippen molar-refractivity contribution >= 4 is 28.6 Å². The smallest absolute Gasteiger partial charge is 0.310 e. The second-order valence-electron chi connectivity index (χ2n) is 5.44. The van der Waals surface area contributed by atoms with E-state index in [0.29, 0.717) is 0 Å². The lowest BCUT2D eigenvalue weighted by molar-refractivity contribution is -0.161. The van der Waals surface area contributed by atoms with E-state index in [-0.39, 0.29) is 20.9 Å². The highest BCUT2D eigenvalue weighted by Crippen LogP contribution is 2.32. The van der Waals surface area contributed by atoms with E-state index in [1.54, 1.807) is 0 Å². The normalized spacial score (nSPS) is 14.9. The molecular formula is C12H23IO2. The fourth-order valence-electron chi connectivity index (χ4n) is 1.40. The Morgan fingerprint density at radius 2 is 1.73 bits per heavy atom. The number of rotatable bonds is 4. The Kier molecular flexibility index (Phi) is 5.58. The molecular weight excluding hydrogens is 303 g/mol. The minimum absolute atomic E-state index is 0.0117. The van der Waals surface area contributed by atoms with Gasteiger partial charge >= 0.3 is 5.97 Å². The van der Waals surface area contributed by atoms with Gasteiger partial charge in [0.2, 0.25) is 0 Å². The molecule has 0 aromatic carbocycles. The molecule has 2 nitrogen and oxygen atoms in total. The number of ether oxygens (including phenoxy) is 1. The summed E-state index contributed by atoms with van der Waals surface area (Å²) in [6.07, 6.45) is 1.90. The van der Waals surface area contributed by atoms with Gasteiger partial charge in [0.05, 0.1) is 5.92 Å². The molecule has 0 fully saturated rings. The van der Waals surface area contributed by atoms with E-state index in [2.05, 4.69) is 43.4 Å². The van der Waals surface area contributed by atoms with E-state index in [9.17, 15) is 4.79 Å². The number of hydrogen-bond acceptors (Lipinski definition) is 2. The minimum Gasteiger partial charge on any atom is -0.460 e.